The quantitative estimate of drug-likeness (QED) is 0.639. The fourth-order valence-electron chi connectivity index (χ4n) is 3.71. The molecule has 5 heteroatoms. The third-order valence-corrected chi connectivity index (χ3v) is 5.25. The van der Waals surface area contributed by atoms with Crippen LogP contribution in [0, 0.1) is 5.92 Å². The van der Waals surface area contributed by atoms with E-state index in [9.17, 15) is 0 Å². The maximum absolute atomic E-state index is 6.15. The molecule has 2 N–H and O–H groups in total. The first-order valence-corrected chi connectivity index (χ1v) is 10.6. The van der Waals surface area contributed by atoms with Gasteiger partial charge >= 0.3 is 0 Å². The molecule has 1 aliphatic rings. The van der Waals surface area contributed by atoms with E-state index in [1.54, 1.807) is 0 Å². The zero-order valence-electron chi connectivity index (χ0n) is 16.7. The van der Waals surface area contributed by atoms with Crippen molar-refractivity contribution < 1.29 is 0 Å². The van der Waals surface area contributed by atoms with Crippen LogP contribution in [-0.2, 0) is 6.54 Å². The molecule has 0 unspecified atom stereocenters. The Balaban J connectivity index is 1.72. The van der Waals surface area contributed by atoms with Crippen molar-refractivity contribution in [3.05, 3.63) is 34.9 Å². The fraction of sp³-hybridized carbons (Fsp3) is 0.714. The van der Waals surface area contributed by atoms with Crippen LogP contribution in [0.4, 0.5) is 0 Å². The summed E-state index contributed by atoms with van der Waals surface area (Å²) in [4.78, 5) is 7.74. The molecule has 0 aliphatic carbocycles. The highest BCUT2D eigenvalue weighted by molar-refractivity contribution is 6.30. The average molecular weight is 381 g/mol. The van der Waals surface area contributed by atoms with Gasteiger partial charge < -0.3 is 15.5 Å². The lowest BCUT2D eigenvalue weighted by Gasteiger charge is -2.35. The average Bonchev–Trinajstić information content (AvgIpc) is 2.60. The Hall–Kier alpha value is -0.650. The van der Waals surface area contributed by atoms with Crippen molar-refractivity contribution >= 4 is 11.6 Å². The molecule has 148 valence electrons. The van der Waals surface area contributed by atoms with Gasteiger partial charge in [-0.3, -0.25) is 4.90 Å². The maximum atomic E-state index is 6.15. The third-order valence-electron chi connectivity index (χ3n) is 5.01. The Morgan fingerprint density at radius 1 is 1.08 bits per heavy atom. The van der Waals surface area contributed by atoms with Crippen molar-refractivity contribution in [2.24, 2.45) is 11.7 Å². The van der Waals surface area contributed by atoms with Crippen LogP contribution in [0.1, 0.15) is 32.3 Å². The number of nitrogens with zero attached hydrogens (tertiary/aromatic N) is 3. The van der Waals surface area contributed by atoms with Crippen LogP contribution >= 0.6 is 11.6 Å². The fourth-order valence-corrected chi connectivity index (χ4v) is 3.93. The molecule has 1 saturated heterocycles. The summed E-state index contributed by atoms with van der Waals surface area (Å²) in [6.07, 6.45) is 2.35. The molecule has 1 aliphatic heterocycles. The van der Waals surface area contributed by atoms with Crippen molar-refractivity contribution in [2.75, 3.05) is 58.9 Å². The van der Waals surface area contributed by atoms with Crippen LogP contribution in [0.15, 0.2) is 24.3 Å². The Labute approximate surface area is 165 Å². The van der Waals surface area contributed by atoms with Crippen molar-refractivity contribution in [3.63, 3.8) is 0 Å². The zero-order chi connectivity index (χ0) is 18.8. The van der Waals surface area contributed by atoms with Gasteiger partial charge in [0, 0.05) is 44.3 Å². The third kappa shape index (κ3) is 8.36. The number of benzene rings is 1. The van der Waals surface area contributed by atoms with Gasteiger partial charge in [0.05, 0.1) is 0 Å². The molecule has 1 fully saturated rings. The van der Waals surface area contributed by atoms with E-state index in [1.165, 1.54) is 44.7 Å². The molecule has 26 heavy (non-hydrogen) atoms. The minimum absolute atomic E-state index is 0.681. The smallest absolute Gasteiger partial charge is 0.0409 e. The summed E-state index contributed by atoms with van der Waals surface area (Å²) >= 11 is 6.15. The number of hydrogen-bond donors (Lipinski definition) is 1. The van der Waals surface area contributed by atoms with Gasteiger partial charge in [-0.2, -0.15) is 0 Å². The highest BCUT2D eigenvalue weighted by Crippen LogP contribution is 2.14. The normalized spacial score (nSPS) is 16.7. The van der Waals surface area contributed by atoms with Gasteiger partial charge in [-0.15, -0.1) is 0 Å². The van der Waals surface area contributed by atoms with Gasteiger partial charge in [0.25, 0.3) is 0 Å². The Bertz CT molecular complexity index is 501. The maximum Gasteiger partial charge on any atom is 0.0409 e. The number of piperazine rings is 1. The zero-order valence-corrected chi connectivity index (χ0v) is 17.4. The molecule has 0 aromatic heterocycles. The summed E-state index contributed by atoms with van der Waals surface area (Å²) in [6, 6.07) is 8.27. The van der Waals surface area contributed by atoms with Crippen LogP contribution in [0.5, 0.6) is 0 Å². The number of hydrogen-bond acceptors (Lipinski definition) is 4. The molecule has 1 aromatic carbocycles. The standard InChI is InChI=1S/C21H37ClN4/c1-19(2)17-26(18-20-6-3-7-21(22)16-20)11-5-10-25-14-12-24(13-15-25)9-4-8-23/h3,6-7,16,19H,4-5,8-15,17-18,23H2,1-2H3. The summed E-state index contributed by atoms with van der Waals surface area (Å²) in [5.41, 5.74) is 6.93. The number of halogens is 1. The topological polar surface area (TPSA) is 35.7 Å². The second kappa shape index (κ2) is 11.9. The van der Waals surface area contributed by atoms with Crippen molar-refractivity contribution in [1.82, 2.24) is 14.7 Å². The summed E-state index contributed by atoms with van der Waals surface area (Å²) in [5, 5.41) is 0.833. The van der Waals surface area contributed by atoms with E-state index in [2.05, 4.69) is 46.7 Å². The van der Waals surface area contributed by atoms with Gasteiger partial charge in [-0.1, -0.05) is 37.6 Å². The second-order valence-corrected chi connectivity index (χ2v) is 8.37. The Morgan fingerprint density at radius 3 is 2.31 bits per heavy atom. The lowest BCUT2D eigenvalue weighted by molar-refractivity contribution is 0.124. The van der Waals surface area contributed by atoms with E-state index in [0.29, 0.717) is 5.92 Å². The molecular formula is C21H37ClN4. The number of nitrogens with two attached hydrogens (primary N) is 1. The first-order chi connectivity index (χ1) is 12.6. The van der Waals surface area contributed by atoms with Gasteiger partial charge in [0.2, 0.25) is 0 Å². The molecule has 1 aromatic rings. The minimum Gasteiger partial charge on any atom is -0.330 e. The van der Waals surface area contributed by atoms with Crippen molar-refractivity contribution in [3.8, 4) is 0 Å². The molecule has 0 atom stereocenters. The van der Waals surface area contributed by atoms with E-state index >= 15 is 0 Å². The van der Waals surface area contributed by atoms with Crippen LogP contribution in [0.25, 0.3) is 0 Å². The predicted molar refractivity (Wildman–Crippen MR) is 113 cm³/mol. The van der Waals surface area contributed by atoms with Gasteiger partial charge in [0.15, 0.2) is 0 Å². The van der Waals surface area contributed by atoms with E-state index in [0.717, 1.165) is 44.2 Å². The van der Waals surface area contributed by atoms with E-state index < -0.39 is 0 Å². The van der Waals surface area contributed by atoms with Crippen molar-refractivity contribution in [1.29, 1.82) is 0 Å². The lowest BCUT2D eigenvalue weighted by atomic mass is 10.1. The summed E-state index contributed by atoms with van der Waals surface area (Å²) in [7, 11) is 0. The Morgan fingerprint density at radius 2 is 1.73 bits per heavy atom. The highest BCUT2D eigenvalue weighted by atomic mass is 35.5. The summed E-state index contributed by atoms with van der Waals surface area (Å²) in [6.45, 7) is 15.8. The second-order valence-electron chi connectivity index (χ2n) is 7.94. The largest absolute Gasteiger partial charge is 0.330 e. The van der Waals surface area contributed by atoms with Crippen LogP contribution in [0.3, 0.4) is 0 Å². The monoisotopic (exact) mass is 380 g/mol. The van der Waals surface area contributed by atoms with Crippen molar-refractivity contribution in [2.45, 2.75) is 33.2 Å². The molecule has 0 amide bonds. The predicted octanol–water partition coefficient (Wildman–Crippen LogP) is 3.15. The molecule has 0 saturated carbocycles. The molecule has 0 spiro atoms. The van der Waals surface area contributed by atoms with E-state index in [4.69, 9.17) is 17.3 Å². The molecule has 1 heterocycles. The molecular weight excluding hydrogens is 344 g/mol. The summed E-state index contributed by atoms with van der Waals surface area (Å²) in [5.74, 6) is 0.681. The molecule has 4 nitrogen and oxygen atoms in total. The van der Waals surface area contributed by atoms with Gasteiger partial charge in [-0.05, 0) is 62.6 Å². The minimum atomic E-state index is 0.681. The lowest BCUT2D eigenvalue weighted by Crippen LogP contribution is -2.47. The highest BCUT2D eigenvalue weighted by Gasteiger charge is 2.16. The van der Waals surface area contributed by atoms with Crippen LogP contribution in [0.2, 0.25) is 5.02 Å². The molecule has 0 bridgehead atoms. The van der Waals surface area contributed by atoms with E-state index in [-0.39, 0.29) is 0 Å². The first kappa shape index (κ1) is 21.6. The summed E-state index contributed by atoms with van der Waals surface area (Å²) < 4.78 is 0. The Kier molecular flexibility index (Phi) is 9.94. The van der Waals surface area contributed by atoms with Gasteiger partial charge in [0.1, 0.15) is 0 Å². The van der Waals surface area contributed by atoms with Gasteiger partial charge in [-0.25, -0.2) is 0 Å². The molecule has 0 radical (unpaired) electrons. The SMILES string of the molecule is CC(C)CN(CCCN1CCN(CCCN)CC1)Cc1cccc(Cl)c1. The first-order valence-electron chi connectivity index (χ1n) is 10.2. The van der Waals surface area contributed by atoms with E-state index in [1.807, 2.05) is 6.07 Å². The van der Waals surface area contributed by atoms with Crippen LogP contribution in [-0.4, -0.2) is 73.6 Å². The van der Waals surface area contributed by atoms with Crippen LogP contribution < -0.4 is 5.73 Å². The molecule has 2 rings (SSSR count). The number of rotatable bonds is 11.